The number of rotatable bonds is 6. The number of benzene rings is 2. The van der Waals surface area contributed by atoms with Crippen molar-refractivity contribution in [3.8, 4) is 0 Å². The highest BCUT2D eigenvalue weighted by atomic mass is 35.5. The predicted molar refractivity (Wildman–Crippen MR) is 160 cm³/mol. The van der Waals surface area contributed by atoms with Crippen LogP contribution in [0.4, 0.5) is 11.8 Å². The van der Waals surface area contributed by atoms with Crippen molar-refractivity contribution in [3.05, 3.63) is 97.3 Å². The number of nitrogens with one attached hydrogen (secondary N) is 2. The van der Waals surface area contributed by atoms with Gasteiger partial charge in [0.1, 0.15) is 15.6 Å². The van der Waals surface area contributed by atoms with Gasteiger partial charge in [0.25, 0.3) is 20.0 Å². The van der Waals surface area contributed by atoms with Crippen LogP contribution in [0.25, 0.3) is 0 Å². The average molecular weight is 663 g/mol. The molecule has 212 valence electrons. The Morgan fingerprint density at radius 1 is 0.575 bits per heavy atom. The van der Waals surface area contributed by atoms with E-state index in [0.29, 0.717) is 16.4 Å². The lowest BCUT2D eigenvalue weighted by molar-refractivity contribution is 0.599. The molecule has 2 heterocycles. The molecule has 0 aliphatic rings. The number of sulfonamides is 2. The van der Waals surface area contributed by atoms with E-state index in [0.717, 1.165) is 11.3 Å². The lowest BCUT2D eigenvalue weighted by Gasteiger charge is -2.10. The zero-order valence-corrected chi connectivity index (χ0v) is 26.2. The van der Waals surface area contributed by atoms with Gasteiger partial charge in [-0.2, -0.15) is 0 Å². The highest BCUT2D eigenvalue weighted by molar-refractivity contribution is 7.93. The lowest BCUT2D eigenvalue weighted by Crippen LogP contribution is -2.16. The summed E-state index contributed by atoms with van der Waals surface area (Å²) in [6.07, 6.45) is 0. The van der Waals surface area contributed by atoms with E-state index >= 15 is 0 Å². The standard InChI is InChI=1S/C13H12Cl2N2O2S.C12H11Cl2N3O2S/c1-8-5-9(2)16-13(6-8)17-20(18,19)12-7-10(14)3-4-11(12)15;1-7-5-8(2)16-12(15-7)17-20(18,19)11-6-9(13)3-4-10(11)14/h3-7H,1-2H3,(H,16,17);3-6H,1-2H3,(H,15,16,17). The fourth-order valence-electron chi connectivity index (χ4n) is 3.40. The third-order valence-corrected chi connectivity index (χ3v) is 9.03. The van der Waals surface area contributed by atoms with Gasteiger partial charge < -0.3 is 0 Å². The van der Waals surface area contributed by atoms with Crippen LogP contribution in [0.15, 0.2) is 64.4 Å². The Morgan fingerprint density at radius 2 is 1.02 bits per heavy atom. The number of anilines is 2. The van der Waals surface area contributed by atoms with Crippen molar-refractivity contribution in [3.63, 3.8) is 0 Å². The number of pyridine rings is 1. The molecule has 2 N–H and O–H groups in total. The molecule has 2 aromatic heterocycles. The van der Waals surface area contributed by atoms with Crippen molar-refractivity contribution < 1.29 is 16.8 Å². The summed E-state index contributed by atoms with van der Waals surface area (Å²) in [5.74, 6) is 0.247. The summed E-state index contributed by atoms with van der Waals surface area (Å²) in [6.45, 7) is 7.15. The molecule has 0 bridgehead atoms. The quantitative estimate of drug-likeness (QED) is 0.227. The summed E-state index contributed by atoms with van der Waals surface area (Å²) >= 11 is 23.4. The molecule has 0 saturated carbocycles. The van der Waals surface area contributed by atoms with Gasteiger partial charge >= 0.3 is 0 Å². The average Bonchev–Trinajstić information content (AvgIpc) is 2.80. The van der Waals surface area contributed by atoms with E-state index in [1.165, 1.54) is 36.4 Å². The Morgan fingerprint density at radius 3 is 1.50 bits per heavy atom. The first-order chi connectivity index (χ1) is 18.6. The summed E-state index contributed by atoms with van der Waals surface area (Å²) in [7, 11) is -7.72. The van der Waals surface area contributed by atoms with Crippen molar-refractivity contribution in [1.82, 2.24) is 15.0 Å². The first-order valence-corrected chi connectivity index (χ1v) is 15.8. The second-order valence-corrected chi connectivity index (χ2v) is 13.5. The fourth-order valence-corrected chi connectivity index (χ4v) is 6.86. The minimum absolute atomic E-state index is 0.00135. The second-order valence-electron chi connectivity index (χ2n) is 8.51. The van der Waals surface area contributed by atoms with E-state index in [2.05, 4.69) is 24.4 Å². The Hall–Kier alpha value is -2.67. The maximum Gasteiger partial charge on any atom is 0.265 e. The summed E-state index contributed by atoms with van der Waals surface area (Å²) in [5.41, 5.74) is 2.95. The maximum atomic E-state index is 12.3. The van der Waals surface area contributed by atoms with Gasteiger partial charge in [0.2, 0.25) is 5.95 Å². The monoisotopic (exact) mass is 661 g/mol. The van der Waals surface area contributed by atoms with Crippen LogP contribution in [0.1, 0.15) is 22.6 Å². The van der Waals surface area contributed by atoms with E-state index in [4.69, 9.17) is 46.4 Å². The fraction of sp³-hybridized carbons (Fsp3) is 0.160. The van der Waals surface area contributed by atoms with Gasteiger partial charge in [-0.1, -0.05) is 46.4 Å². The van der Waals surface area contributed by atoms with Crippen LogP contribution >= 0.6 is 46.4 Å². The van der Waals surface area contributed by atoms with Crippen LogP contribution in [0, 0.1) is 27.7 Å². The molecule has 0 atom stereocenters. The first kappa shape index (κ1) is 31.9. The number of halogens is 4. The van der Waals surface area contributed by atoms with Crippen LogP contribution in [0.3, 0.4) is 0 Å². The van der Waals surface area contributed by atoms with E-state index in [-0.39, 0.29) is 36.6 Å². The largest absolute Gasteiger partial charge is 0.265 e. The molecule has 0 aliphatic heterocycles. The lowest BCUT2D eigenvalue weighted by atomic mass is 10.2. The highest BCUT2D eigenvalue weighted by Crippen LogP contribution is 2.27. The molecular weight excluding hydrogens is 640 g/mol. The van der Waals surface area contributed by atoms with Crippen molar-refractivity contribution in [2.24, 2.45) is 0 Å². The predicted octanol–water partition coefficient (Wildman–Crippen LogP) is 7.01. The Labute approximate surface area is 253 Å². The second kappa shape index (κ2) is 12.9. The smallest absolute Gasteiger partial charge is 0.263 e. The van der Waals surface area contributed by atoms with Crippen molar-refractivity contribution in [2.45, 2.75) is 37.5 Å². The Balaban J connectivity index is 0.000000220. The van der Waals surface area contributed by atoms with Gasteiger partial charge in [0.15, 0.2) is 0 Å². The molecular formula is C25H23Cl4N5O4S2. The molecule has 0 unspecified atom stereocenters. The minimum atomic E-state index is -3.89. The van der Waals surface area contributed by atoms with Gasteiger partial charge in [0, 0.05) is 27.1 Å². The number of aryl methyl sites for hydroxylation is 4. The number of aromatic nitrogens is 3. The summed E-state index contributed by atoms with van der Waals surface area (Å²) in [5, 5.41) is 0.747. The zero-order valence-electron chi connectivity index (χ0n) is 21.5. The summed E-state index contributed by atoms with van der Waals surface area (Å²) < 4.78 is 53.8. The molecule has 0 aliphatic carbocycles. The summed E-state index contributed by atoms with van der Waals surface area (Å²) in [4.78, 5) is 12.0. The molecule has 2 aromatic carbocycles. The van der Waals surface area contributed by atoms with E-state index in [9.17, 15) is 16.8 Å². The zero-order chi connectivity index (χ0) is 29.8. The van der Waals surface area contributed by atoms with Crippen molar-refractivity contribution >= 4 is 78.2 Å². The van der Waals surface area contributed by atoms with Crippen molar-refractivity contribution in [2.75, 3.05) is 9.44 Å². The van der Waals surface area contributed by atoms with Crippen LogP contribution in [0.2, 0.25) is 20.1 Å². The molecule has 4 rings (SSSR count). The third-order valence-electron chi connectivity index (χ3n) is 4.91. The van der Waals surface area contributed by atoms with E-state index < -0.39 is 20.0 Å². The van der Waals surface area contributed by atoms with Gasteiger partial charge in [-0.3, -0.25) is 4.72 Å². The van der Waals surface area contributed by atoms with E-state index in [1.807, 2.05) is 13.0 Å². The van der Waals surface area contributed by atoms with Gasteiger partial charge in [-0.05, 0) is 87.9 Å². The molecule has 0 saturated heterocycles. The first-order valence-electron chi connectivity index (χ1n) is 11.3. The number of hydrogen-bond acceptors (Lipinski definition) is 7. The molecule has 15 heteroatoms. The Kier molecular flexibility index (Phi) is 10.3. The van der Waals surface area contributed by atoms with Crippen LogP contribution in [0.5, 0.6) is 0 Å². The highest BCUT2D eigenvalue weighted by Gasteiger charge is 2.21. The molecule has 0 spiro atoms. The van der Waals surface area contributed by atoms with Gasteiger partial charge in [-0.15, -0.1) is 0 Å². The molecule has 40 heavy (non-hydrogen) atoms. The van der Waals surface area contributed by atoms with Crippen LogP contribution in [-0.4, -0.2) is 31.8 Å². The number of nitrogens with zero attached hydrogens (tertiary/aromatic N) is 3. The van der Waals surface area contributed by atoms with Gasteiger partial charge in [-0.25, -0.2) is 36.5 Å². The molecule has 4 aromatic rings. The maximum absolute atomic E-state index is 12.3. The van der Waals surface area contributed by atoms with Crippen molar-refractivity contribution in [1.29, 1.82) is 0 Å². The normalized spacial score (nSPS) is 11.4. The van der Waals surface area contributed by atoms with Crippen LogP contribution < -0.4 is 9.44 Å². The Bertz CT molecular complexity index is 1610. The third kappa shape index (κ3) is 8.66. The molecule has 0 fully saturated rings. The topological polar surface area (TPSA) is 131 Å². The minimum Gasteiger partial charge on any atom is -0.263 e. The van der Waals surface area contributed by atoms with Crippen LogP contribution in [-0.2, 0) is 20.0 Å². The summed E-state index contributed by atoms with van der Waals surface area (Å²) in [6, 6.07) is 13.7. The molecule has 0 radical (unpaired) electrons. The molecule has 9 nitrogen and oxygen atoms in total. The van der Waals surface area contributed by atoms with Gasteiger partial charge in [0.05, 0.1) is 10.0 Å². The number of hydrogen-bond donors (Lipinski definition) is 2. The molecule has 0 amide bonds. The van der Waals surface area contributed by atoms with E-state index in [1.54, 1.807) is 32.9 Å². The SMILES string of the molecule is Cc1cc(C)nc(NS(=O)(=O)c2cc(Cl)ccc2Cl)c1.Cc1cc(C)nc(NS(=O)(=O)c2cc(Cl)ccc2Cl)n1.